The minimum atomic E-state index is 0.934. The molecule has 3 rings (SSSR count). The fourth-order valence-electron chi connectivity index (χ4n) is 1.79. The van der Waals surface area contributed by atoms with Crippen LogP contribution in [-0.4, -0.2) is 7.11 Å². The molecule has 0 aliphatic heterocycles. The van der Waals surface area contributed by atoms with Gasteiger partial charge in [0.05, 0.1) is 17.9 Å². The summed E-state index contributed by atoms with van der Waals surface area (Å²) >= 11 is 1.73. The van der Waals surface area contributed by atoms with Gasteiger partial charge in [-0.05, 0) is 12.1 Å². The molecule has 0 aliphatic carbocycles. The van der Waals surface area contributed by atoms with Gasteiger partial charge in [-0.1, -0.05) is 17.4 Å². The number of methoxy groups -OCH3 is 1. The van der Waals surface area contributed by atoms with Gasteiger partial charge >= 0.3 is 0 Å². The summed E-state index contributed by atoms with van der Waals surface area (Å²) in [4.78, 5) is 1.23. The summed E-state index contributed by atoms with van der Waals surface area (Å²) < 4.78 is 7.48. The van der Waals surface area contributed by atoms with Crippen LogP contribution in [0.2, 0.25) is 0 Å². The number of benzene rings is 1. The molecule has 74 valence electrons. The lowest BCUT2D eigenvalue weighted by molar-refractivity contribution is -0.505. The van der Waals surface area contributed by atoms with Crippen LogP contribution in [0.25, 0.3) is 15.6 Å². The molecule has 0 bridgehead atoms. The number of ether oxygens (including phenoxy) is 1. The van der Waals surface area contributed by atoms with Crippen LogP contribution < -0.4 is 9.14 Å². The van der Waals surface area contributed by atoms with E-state index in [1.165, 1.54) is 15.6 Å². The monoisotopic (exact) mass is 216 g/mol. The summed E-state index contributed by atoms with van der Waals surface area (Å²) in [5.41, 5.74) is 0. The number of hydrogen-bond acceptors (Lipinski definition) is 2. The average molecular weight is 216 g/mol. The predicted molar refractivity (Wildman–Crippen MR) is 61.5 cm³/mol. The van der Waals surface area contributed by atoms with Gasteiger partial charge in [0.25, 0.3) is 4.83 Å². The molecule has 0 N–H and O–H groups in total. The maximum absolute atomic E-state index is 5.35. The van der Waals surface area contributed by atoms with Crippen molar-refractivity contribution in [3.63, 3.8) is 0 Å². The standard InChI is InChI=1S/C12H10NOS/c1-14-11-4-2-3-9-8-13-5-6-15-12(13)7-10(9)11/h2-8H,1H3/q+1. The van der Waals surface area contributed by atoms with Crippen LogP contribution in [0.3, 0.4) is 0 Å². The third kappa shape index (κ3) is 1.27. The van der Waals surface area contributed by atoms with E-state index >= 15 is 0 Å². The van der Waals surface area contributed by atoms with E-state index in [4.69, 9.17) is 4.74 Å². The Morgan fingerprint density at radius 2 is 2.27 bits per heavy atom. The van der Waals surface area contributed by atoms with Gasteiger partial charge in [0.2, 0.25) is 0 Å². The first-order valence-corrected chi connectivity index (χ1v) is 5.62. The maximum atomic E-state index is 5.35. The van der Waals surface area contributed by atoms with E-state index in [9.17, 15) is 0 Å². The van der Waals surface area contributed by atoms with Gasteiger partial charge in [-0.2, -0.15) is 4.40 Å². The number of rotatable bonds is 1. The zero-order valence-electron chi connectivity index (χ0n) is 8.31. The first kappa shape index (κ1) is 8.68. The van der Waals surface area contributed by atoms with Gasteiger partial charge in [-0.3, -0.25) is 0 Å². The highest BCUT2D eigenvalue weighted by atomic mass is 32.1. The number of thiazole rings is 1. The number of fused-ring (bicyclic) bond motifs is 2. The van der Waals surface area contributed by atoms with E-state index in [2.05, 4.69) is 34.3 Å². The molecule has 0 unspecified atom stereocenters. The highest BCUT2D eigenvalue weighted by Gasteiger charge is 2.09. The SMILES string of the molecule is COc1cccc2c[n+]3ccsc3cc12. The number of nitrogens with zero attached hydrogens (tertiary/aromatic N) is 1. The van der Waals surface area contributed by atoms with E-state index in [1.54, 1.807) is 18.4 Å². The normalized spacial score (nSPS) is 11.0. The smallest absolute Gasteiger partial charge is 0.267 e. The van der Waals surface area contributed by atoms with Crippen molar-refractivity contribution in [2.75, 3.05) is 7.11 Å². The highest BCUT2D eigenvalue weighted by molar-refractivity contribution is 7.15. The van der Waals surface area contributed by atoms with E-state index in [0.29, 0.717) is 0 Å². The molecule has 0 saturated carbocycles. The van der Waals surface area contributed by atoms with Crippen LogP contribution in [0, 0.1) is 0 Å². The molecule has 0 fully saturated rings. The molecule has 1 aromatic carbocycles. The molecule has 0 radical (unpaired) electrons. The van der Waals surface area contributed by atoms with Crippen molar-refractivity contribution >= 4 is 26.9 Å². The Balaban J connectivity index is 2.48. The van der Waals surface area contributed by atoms with Crippen LogP contribution in [0.5, 0.6) is 5.75 Å². The van der Waals surface area contributed by atoms with Gasteiger partial charge in [-0.25, -0.2) is 0 Å². The predicted octanol–water partition coefficient (Wildman–Crippen LogP) is 2.65. The molecular formula is C12H10NOS+. The van der Waals surface area contributed by atoms with Crippen molar-refractivity contribution in [1.29, 1.82) is 0 Å². The summed E-state index contributed by atoms with van der Waals surface area (Å²) in [7, 11) is 1.71. The van der Waals surface area contributed by atoms with Crippen molar-refractivity contribution < 1.29 is 9.14 Å². The summed E-state index contributed by atoms with van der Waals surface area (Å²) in [5, 5.41) is 4.45. The van der Waals surface area contributed by atoms with Gasteiger partial charge in [0.15, 0.2) is 12.4 Å². The number of pyridine rings is 1. The lowest BCUT2D eigenvalue weighted by Gasteiger charge is -2.02. The molecule has 3 heteroatoms. The molecule has 0 saturated heterocycles. The van der Waals surface area contributed by atoms with Crippen LogP contribution in [-0.2, 0) is 0 Å². The second-order valence-electron chi connectivity index (χ2n) is 3.39. The molecule has 2 heterocycles. The molecule has 15 heavy (non-hydrogen) atoms. The molecule has 0 amide bonds. The Morgan fingerprint density at radius 1 is 1.33 bits per heavy atom. The van der Waals surface area contributed by atoms with Crippen molar-refractivity contribution in [1.82, 2.24) is 0 Å². The minimum Gasteiger partial charge on any atom is -0.496 e. The van der Waals surface area contributed by atoms with Crippen LogP contribution in [0.1, 0.15) is 0 Å². The molecule has 2 aromatic heterocycles. The van der Waals surface area contributed by atoms with Crippen LogP contribution >= 0.6 is 11.3 Å². The molecule has 0 spiro atoms. The van der Waals surface area contributed by atoms with Gasteiger partial charge < -0.3 is 4.74 Å². The zero-order chi connectivity index (χ0) is 10.3. The number of aromatic nitrogens is 1. The molecule has 3 aromatic rings. The Kier molecular flexibility index (Phi) is 1.86. The topological polar surface area (TPSA) is 13.3 Å². The lowest BCUT2D eigenvalue weighted by Crippen LogP contribution is -2.15. The summed E-state index contributed by atoms with van der Waals surface area (Å²) in [5.74, 6) is 0.934. The summed E-state index contributed by atoms with van der Waals surface area (Å²) in [6.45, 7) is 0. The minimum absolute atomic E-state index is 0.934. The van der Waals surface area contributed by atoms with Gasteiger partial charge in [0, 0.05) is 11.5 Å². The summed E-state index contributed by atoms with van der Waals surface area (Å²) in [6.07, 6.45) is 4.20. The van der Waals surface area contributed by atoms with Gasteiger partial charge in [0.1, 0.15) is 5.75 Å². The maximum Gasteiger partial charge on any atom is 0.267 e. The van der Waals surface area contributed by atoms with E-state index < -0.39 is 0 Å². The largest absolute Gasteiger partial charge is 0.496 e. The molecule has 0 atom stereocenters. The first-order chi connectivity index (χ1) is 7.38. The Morgan fingerprint density at radius 3 is 3.13 bits per heavy atom. The third-order valence-electron chi connectivity index (χ3n) is 2.53. The zero-order valence-corrected chi connectivity index (χ0v) is 9.12. The van der Waals surface area contributed by atoms with Crippen LogP contribution in [0.15, 0.2) is 42.0 Å². The van der Waals surface area contributed by atoms with Crippen molar-refractivity contribution in [3.05, 3.63) is 42.0 Å². The second-order valence-corrected chi connectivity index (χ2v) is 4.31. The van der Waals surface area contributed by atoms with Crippen molar-refractivity contribution in [3.8, 4) is 5.75 Å². The molecular weight excluding hydrogens is 206 g/mol. The Labute approximate surface area is 91.4 Å². The fraction of sp³-hybridized carbons (Fsp3) is 0.0833. The van der Waals surface area contributed by atoms with E-state index in [1.807, 2.05) is 12.1 Å². The molecule has 0 aliphatic rings. The lowest BCUT2D eigenvalue weighted by atomic mass is 10.1. The third-order valence-corrected chi connectivity index (χ3v) is 3.36. The van der Waals surface area contributed by atoms with Gasteiger partial charge in [-0.15, -0.1) is 0 Å². The fourth-order valence-corrected chi connectivity index (χ4v) is 2.55. The quantitative estimate of drug-likeness (QED) is 0.570. The number of hydrogen-bond donors (Lipinski definition) is 0. The highest BCUT2D eigenvalue weighted by Crippen LogP contribution is 2.25. The average Bonchev–Trinajstić information content (AvgIpc) is 2.72. The second kappa shape index (κ2) is 3.21. The molecule has 2 nitrogen and oxygen atoms in total. The van der Waals surface area contributed by atoms with E-state index in [-0.39, 0.29) is 0 Å². The van der Waals surface area contributed by atoms with Crippen LogP contribution in [0.4, 0.5) is 0 Å². The summed E-state index contributed by atoms with van der Waals surface area (Å²) in [6, 6.07) is 8.27. The van der Waals surface area contributed by atoms with Crippen molar-refractivity contribution in [2.24, 2.45) is 0 Å². The van der Waals surface area contributed by atoms with E-state index in [0.717, 1.165) is 5.75 Å². The first-order valence-electron chi connectivity index (χ1n) is 4.74. The van der Waals surface area contributed by atoms with Crippen molar-refractivity contribution in [2.45, 2.75) is 0 Å². The Hall–Kier alpha value is -1.61. The Bertz CT molecular complexity index is 630.